The molecule has 2 nitrogen and oxygen atoms in total. The van der Waals surface area contributed by atoms with E-state index in [1.807, 2.05) is 0 Å². The maximum atomic E-state index is 8.68. The van der Waals surface area contributed by atoms with E-state index in [-0.39, 0.29) is 0 Å². The summed E-state index contributed by atoms with van der Waals surface area (Å²) < 4.78 is 0. The number of rotatable bonds is 3. The lowest BCUT2D eigenvalue weighted by atomic mass is 10.1. The van der Waals surface area contributed by atoms with Crippen molar-refractivity contribution in [3.8, 4) is 0 Å². The second kappa shape index (κ2) is 2.71. The molecular weight excluding hydrogens is 150 g/mol. The van der Waals surface area contributed by atoms with Crippen molar-refractivity contribution in [1.29, 1.82) is 0 Å². The van der Waals surface area contributed by atoms with Gasteiger partial charge in [0, 0.05) is 26.2 Å². The van der Waals surface area contributed by atoms with Crippen LogP contribution >= 0.6 is 0 Å². The van der Waals surface area contributed by atoms with Gasteiger partial charge in [-0.1, -0.05) is 13.8 Å². The summed E-state index contributed by atoms with van der Waals surface area (Å²) in [6.07, 6.45) is 0.944. The lowest BCUT2D eigenvalue weighted by molar-refractivity contribution is 0.219. The summed E-state index contributed by atoms with van der Waals surface area (Å²) in [5.41, 5.74) is 0.635. The third-order valence-corrected chi connectivity index (χ3v) is 3.83. The van der Waals surface area contributed by atoms with Crippen LogP contribution in [0.2, 0.25) is 0 Å². The zero-order chi connectivity index (χ0) is 8.77. The van der Waals surface area contributed by atoms with Crippen LogP contribution in [-0.2, 0) is 0 Å². The molecule has 0 aromatic heterocycles. The molecule has 2 heteroatoms. The van der Waals surface area contributed by atoms with E-state index in [9.17, 15) is 0 Å². The van der Waals surface area contributed by atoms with E-state index in [1.165, 1.54) is 13.1 Å². The van der Waals surface area contributed by atoms with Crippen molar-refractivity contribution in [2.75, 3.05) is 26.2 Å². The van der Waals surface area contributed by atoms with E-state index in [0.29, 0.717) is 12.0 Å². The Kier molecular flexibility index (Phi) is 1.92. The summed E-state index contributed by atoms with van der Waals surface area (Å²) in [6, 6.07) is 0. The van der Waals surface area contributed by atoms with E-state index in [0.717, 1.165) is 24.8 Å². The molecular formula is C10H19NO. The molecule has 0 amide bonds. The topological polar surface area (TPSA) is 23.5 Å². The molecule has 1 saturated heterocycles. The molecule has 70 valence electrons. The molecule has 1 heterocycles. The maximum absolute atomic E-state index is 8.68. The quantitative estimate of drug-likeness (QED) is 0.680. The Bertz CT molecular complexity index is 165. The zero-order valence-corrected chi connectivity index (χ0v) is 8.08. The molecule has 0 radical (unpaired) electrons. The first-order valence-electron chi connectivity index (χ1n) is 4.99. The minimum atomic E-state index is 0.342. The first kappa shape index (κ1) is 8.52. The van der Waals surface area contributed by atoms with Gasteiger partial charge in [0.05, 0.1) is 0 Å². The molecule has 2 atom stereocenters. The minimum absolute atomic E-state index is 0.342. The number of aliphatic hydroxyl groups is 1. The molecule has 0 spiro atoms. The molecule has 2 fully saturated rings. The van der Waals surface area contributed by atoms with Crippen LogP contribution in [0.15, 0.2) is 0 Å². The molecule has 12 heavy (non-hydrogen) atoms. The summed E-state index contributed by atoms with van der Waals surface area (Å²) in [5, 5.41) is 8.68. The molecule has 0 bridgehead atoms. The Hall–Kier alpha value is -0.0800. The molecule has 2 unspecified atom stereocenters. The average Bonchev–Trinajstić information content (AvgIpc) is 2.51. The lowest BCUT2D eigenvalue weighted by Gasteiger charge is -2.20. The molecule has 1 saturated carbocycles. The van der Waals surface area contributed by atoms with Gasteiger partial charge in [-0.3, -0.25) is 0 Å². The van der Waals surface area contributed by atoms with E-state index in [4.69, 9.17) is 5.11 Å². The Labute approximate surface area is 74.6 Å². The Morgan fingerprint density at radius 2 is 1.92 bits per heavy atom. The number of likely N-dealkylation sites (tertiary alicyclic amines) is 1. The number of piperidine rings is 1. The van der Waals surface area contributed by atoms with Gasteiger partial charge in [-0.15, -0.1) is 0 Å². The summed E-state index contributed by atoms with van der Waals surface area (Å²) in [5.74, 6) is 1.91. The molecule has 0 aromatic rings. The summed E-state index contributed by atoms with van der Waals surface area (Å²) in [7, 11) is 0. The predicted molar refractivity (Wildman–Crippen MR) is 48.9 cm³/mol. The fraction of sp³-hybridized carbons (Fsp3) is 1.00. The van der Waals surface area contributed by atoms with Crippen molar-refractivity contribution in [3.63, 3.8) is 0 Å². The summed E-state index contributed by atoms with van der Waals surface area (Å²) in [6.45, 7) is 8.75. The fourth-order valence-electron chi connectivity index (χ4n) is 2.69. The Balaban J connectivity index is 1.75. The second-order valence-electron chi connectivity index (χ2n) is 4.87. The molecule has 1 aliphatic heterocycles. The molecule has 2 rings (SSSR count). The number of nitrogens with zero attached hydrogens (tertiary/aromatic N) is 1. The SMILES string of the molecule is CC1(C)C2CN(CCCO)CC21. The lowest BCUT2D eigenvalue weighted by Crippen LogP contribution is -2.27. The third kappa shape index (κ3) is 1.17. The number of fused-ring (bicyclic) bond motifs is 1. The highest BCUT2D eigenvalue weighted by Gasteiger charge is 2.61. The van der Waals surface area contributed by atoms with Gasteiger partial charge in [0.2, 0.25) is 0 Å². The normalized spacial score (nSPS) is 38.2. The highest BCUT2D eigenvalue weighted by Crippen LogP contribution is 2.61. The van der Waals surface area contributed by atoms with Crippen molar-refractivity contribution >= 4 is 0 Å². The largest absolute Gasteiger partial charge is 0.396 e. The van der Waals surface area contributed by atoms with Gasteiger partial charge in [0.25, 0.3) is 0 Å². The fourth-order valence-corrected chi connectivity index (χ4v) is 2.69. The maximum Gasteiger partial charge on any atom is 0.0443 e. The standard InChI is InChI=1S/C10H19NO/c1-10(2)8-6-11(4-3-5-12)7-9(8)10/h8-9,12H,3-7H2,1-2H3. The smallest absolute Gasteiger partial charge is 0.0443 e. The second-order valence-corrected chi connectivity index (χ2v) is 4.87. The van der Waals surface area contributed by atoms with Crippen LogP contribution in [0.1, 0.15) is 20.3 Å². The van der Waals surface area contributed by atoms with Gasteiger partial charge in [0.1, 0.15) is 0 Å². The van der Waals surface area contributed by atoms with E-state index >= 15 is 0 Å². The first-order chi connectivity index (χ1) is 5.66. The van der Waals surface area contributed by atoms with Gasteiger partial charge in [-0.2, -0.15) is 0 Å². The minimum Gasteiger partial charge on any atom is -0.396 e. The van der Waals surface area contributed by atoms with Crippen LogP contribution in [0.25, 0.3) is 0 Å². The van der Waals surface area contributed by atoms with Gasteiger partial charge in [0.15, 0.2) is 0 Å². The van der Waals surface area contributed by atoms with Crippen LogP contribution in [-0.4, -0.2) is 36.2 Å². The Morgan fingerprint density at radius 3 is 2.42 bits per heavy atom. The summed E-state index contributed by atoms with van der Waals surface area (Å²) in [4.78, 5) is 2.50. The molecule has 1 N–H and O–H groups in total. The third-order valence-electron chi connectivity index (χ3n) is 3.83. The van der Waals surface area contributed by atoms with Gasteiger partial charge in [-0.05, 0) is 23.7 Å². The molecule has 2 aliphatic rings. The number of hydrogen-bond acceptors (Lipinski definition) is 2. The van der Waals surface area contributed by atoms with Crippen molar-refractivity contribution in [2.45, 2.75) is 20.3 Å². The van der Waals surface area contributed by atoms with E-state index in [2.05, 4.69) is 18.7 Å². The molecule has 1 aliphatic carbocycles. The van der Waals surface area contributed by atoms with Gasteiger partial charge >= 0.3 is 0 Å². The van der Waals surface area contributed by atoms with Gasteiger partial charge < -0.3 is 10.0 Å². The highest BCUT2D eigenvalue weighted by molar-refractivity contribution is 5.11. The predicted octanol–water partition coefficient (Wildman–Crippen LogP) is 0.957. The van der Waals surface area contributed by atoms with Crippen LogP contribution in [0, 0.1) is 17.3 Å². The highest BCUT2D eigenvalue weighted by atomic mass is 16.3. The van der Waals surface area contributed by atoms with Crippen LogP contribution in [0.4, 0.5) is 0 Å². The number of aliphatic hydroxyl groups excluding tert-OH is 1. The zero-order valence-electron chi connectivity index (χ0n) is 8.08. The Morgan fingerprint density at radius 1 is 1.33 bits per heavy atom. The van der Waals surface area contributed by atoms with E-state index < -0.39 is 0 Å². The van der Waals surface area contributed by atoms with Gasteiger partial charge in [-0.25, -0.2) is 0 Å². The number of hydrogen-bond donors (Lipinski definition) is 1. The molecule has 0 aromatic carbocycles. The van der Waals surface area contributed by atoms with Crippen molar-refractivity contribution < 1.29 is 5.11 Å². The monoisotopic (exact) mass is 169 g/mol. The summed E-state index contributed by atoms with van der Waals surface area (Å²) >= 11 is 0. The van der Waals surface area contributed by atoms with Crippen molar-refractivity contribution in [2.24, 2.45) is 17.3 Å². The van der Waals surface area contributed by atoms with Crippen LogP contribution < -0.4 is 0 Å². The van der Waals surface area contributed by atoms with Crippen LogP contribution in [0.3, 0.4) is 0 Å². The average molecular weight is 169 g/mol. The van der Waals surface area contributed by atoms with E-state index in [1.54, 1.807) is 0 Å². The van der Waals surface area contributed by atoms with Crippen molar-refractivity contribution in [1.82, 2.24) is 4.90 Å². The first-order valence-corrected chi connectivity index (χ1v) is 4.99. The van der Waals surface area contributed by atoms with Crippen LogP contribution in [0.5, 0.6) is 0 Å². The van der Waals surface area contributed by atoms with Crippen molar-refractivity contribution in [3.05, 3.63) is 0 Å².